The molecule has 1 aromatic carbocycles. The average molecular weight is 404 g/mol. The summed E-state index contributed by atoms with van der Waals surface area (Å²) in [6, 6.07) is 11.1. The first-order valence-corrected chi connectivity index (χ1v) is 9.26. The Balaban J connectivity index is 1.76. The van der Waals surface area contributed by atoms with E-state index in [-0.39, 0.29) is 31.0 Å². The monoisotopic (exact) mass is 404 g/mol. The lowest BCUT2D eigenvalue weighted by Crippen LogP contribution is -2.27. The van der Waals surface area contributed by atoms with E-state index in [1.165, 1.54) is 29.2 Å². The molecular formula is C19H18F2N4O2S. The van der Waals surface area contributed by atoms with Crippen LogP contribution in [-0.2, 0) is 13.1 Å². The van der Waals surface area contributed by atoms with Gasteiger partial charge in [-0.3, -0.25) is 9.36 Å². The number of thiophene rings is 1. The number of Topliss-reactive ketones (excluding diaryl/α,β-unsaturated/α-hetero) is 1. The molecule has 0 aliphatic rings. The summed E-state index contributed by atoms with van der Waals surface area (Å²) >= 11 is 1.51. The number of nitrogens with zero attached hydrogens (tertiary/aromatic N) is 3. The van der Waals surface area contributed by atoms with Gasteiger partial charge < -0.3 is 5.73 Å². The molecule has 2 heterocycles. The minimum Gasteiger partial charge on any atom is -0.327 e. The van der Waals surface area contributed by atoms with Crippen LogP contribution in [-0.4, -0.2) is 26.7 Å². The number of benzene rings is 1. The first-order valence-electron chi connectivity index (χ1n) is 8.44. The SMILES string of the molecule is CC(=O)c1ccc(-c2ccc(Cn3cnn(CC(CN)=C(F)F)c3=O)s2)cc1. The van der Waals surface area contributed by atoms with Crippen LogP contribution < -0.4 is 11.4 Å². The average Bonchev–Trinajstić information content (AvgIpc) is 3.27. The summed E-state index contributed by atoms with van der Waals surface area (Å²) in [6.45, 7) is 1.14. The molecule has 0 saturated heterocycles. The highest BCUT2D eigenvalue weighted by atomic mass is 32.1. The second-order valence-corrected chi connectivity index (χ2v) is 7.33. The number of aromatic nitrogens is 3. The molecule has 9 heteroatoms. The molecule has 0 spiro atoms. The van der Waals surface area contributed by atoms with E-state index in [9.17, 15) is 18.4 Å². The van der Waals surface area contributed by atoms with E-state index in [4.69, 9.17) is 5.73 Å². The number of carbonyl (C=O) groups is 1. The first kappa shape index (κ1) is 19.8. The molecule has 0 unspecified atom stereocenters. The number of hydrogen-bond donors (Lipinski definition) is 1. The van der Waals surface area contributed by atoms with Gasteiger partial charge in [-0.2, -0.15) is 13.9 Å². The van der Waals surface area contributed by atoms with Crippen molar-refractivity contribution in [2.75, 3.05) is 6.54 Å². The highest BCUT2D eigenvalue weighted by Gasteiger charge is 2.12. The van der Waals surface area contributed by atoms with Crippen LogP contribution in [0.5, 0.6) is 0 Å². The summed E-state index contributed by atoms with van der Waals surface area (Å²) in [6.07, 6.45) is -0.559. The van der Waals surface area contributed by atoms with E-state index >= 15 is 0 Å². The fraction of sp³-hybridized carbons (Fsp3) is 0.211. The highest BCUT2D eigenvalue weighted by molar-refractivity contribution is 7.15. The Morgan fingerprint density at radius 1 is 1.18 bits per heavy atom. The second-order valence-electron chi connectivity index (χ2n) is 6.17. The third-order valence-electron chi connectivity index (χ3n) is 4.21. The van der Waals surface area contributed by atoms with Gasteiger partial charge in [-0.1, -0.05) is 24.3 Å². The number of hydrogen-bond acceptors (Lipinski definition) is 5. The Hall–Kier alpha value is -2.91. The van der Waals surface area contributed by atoms with Gasteiger partial charge >= 0.3 is 5.69 Å². The molecule has 28 heavy (non-hydrogen) atoms. The van der Waals surface area contributed by atoms with Gasteiger partial charge in [-0.25, -0.2) is 9.48 Å². The van der Waals surface area contributed by atoms with Crippen molar-refractivity contribution in [2.24, 2.45) is 5.73 Å². The van der Waals surface area contributed by atoms with Gasteiger partial charge in [0.1, 0.15) is 6.33 Å². The quantitative estimate of drug-likeness (QED) is 0.614. The number of halogens is 2. The minimum atomic E-state index is -1.89. The molecule has 0 atom stereocenters. The minimum absolute atomic E-state index is 0.00934. The Kier molecular flexibility index (Phi) is 5.96. The van der Waals surface area contributed by atoms with Crippen molar-refractivity contribution in [3.8, 4) is 10.4 Å². The standard InChI is InChI=1S/C19H18F2N4O2S/c1-12(26)13-2-4-14(5-3-13)17-7-6-16(28-17)10-24-11-23-25(19(24)27)9-15(8-22)18(20)21/h2-7,11H,8-10,22H2,1H3. The molecule has 6 nitrogen and oxygen atoms in total. The molecule has 0 aliphatic heterocycles. The lowest BCUT2D eigenvalue weighted by atomic mass is 10.1. The molecule has 0 amide bonds. The zero-order valence-corrected chi connectivity index (χ0v) is 15.9. The normalized spacial score (nSPS) is 10.9. The molecule has 0 aliphatic carbocycles. The van der Waals surface area contributed by atoms with Crippen molar-refractivity contribution >= 4 is 17.1 Å². The predicted octanol–water partition coefficient (Wildman–Crippen LogP) is 3.13. The fourth-order valence-corrected chi connectivity index (χ4v) is 3.64. The van der Waals surface area contributed by atoms with Crippen molar-refractivity contribution in [3.63, 3.8) is 0 Å². The molecule has 0 saturated carbocycles. The zero-order valence-electron chi connectivity index (χ0n) is 15.1. The van der Waals surface area contributed by atoms with Gasteiger partial charge in [0.25, 0.3) is 6.08 Å². The largest absolute Gasteiger partial charge is 0.346 e. The molecular weight excluding hydrogens is 386 g/mol. The smallest absolute Gasteiger partial charge is 0.327 e. The van der Waals surface area contributed by atoms with E-state index < -0.39 is 11.8 Å². The lowest BCUT2D eigenvalue weighted by Gasteiger charge is -2.02. The van der Waals surface area contributed by atoms with Crippen LogP contribution in [0.1, 0.15) is 22.2 Å². The van der Waals surface area contributed by atoms with E-state index in [0.717, 1.165) is 20.0 Å². The molecule has 3 aromatic rings. The van der Waals surface area contributed by atoms with Crippen molar-refractivity contribution < 1.29 is 13.6 Å². The summed E-state index contributed by atoms with van der Waals surface area (Å²) in [5.41, 5.74) is 6.10. The molecule has 3 rings (SSSR count). The summed E-state index contributed by atoms with van der Waals surface area (Å²) < 4.78 is 27.8. The Morgan fingerprint density at radius 3 is 2.50 bits per heavy atom. The molecule has 0 bridgehead atoms. The molecule has 2 aromatic heterocycles. The maximum atomic E-state index is 12.7. The number of carbonyl (C=O) groups excluding carboxylic acids is 1. The van der Waals surface area contributed by atoms with Gasteiger partial charge in [0.2, 0.25) is 0 Å². The van der Waals surface area contributed by atoms with E-state index in [1.807, 2.05) is 24.3 Å². The van der Waals surface area contributed by atoms with Crippen molar-refractivity contribution in [2.45, 2.75) is 20.0 Å². The van der Waals surface area contributed by atoms with Crippen LogP contribution in [0.3, 0.4) is 0 Å². The highest BCUT2D eigenvalue weighted by Crippen LogP contribution is 2.28. The third-order valence-corrected chi connectivity index (χ3v) is 5.33. The molecule has 2 N–H and O–H groups in total. The summed E-state index contributed by atoms with van der Waals surface area (Å²) in [7, 11) is 0. The summed E-state index contributed by atoms with van der Waals surface area (Å²) in [5.74, 6) is 0.00934. The van der Waals surface area contributed by atoms with E-state index in [0.29, 0.717) is 5.56 Å². The van der Waals surface area contributed by atoms with Crippen LogP contribution >= 0.6 is 11.3 Å². The van der Waals surface area contributed by atoms with Crippen LogP contribution in [0.25, 0.3) is 10.4 Å². The first-order chi connectivity index (χ1) is 13.4. The van der Waals surface area contributed by atoms with E-state index in [1.54, 1.807) is 12.1 Å². The van der Waals surface area contributed by atoms with Crippen molar-refractivity contribution in [3.05, 3.63) is 75.3 Å². The van der Waals surface area contributed by atoms with Crippen LogP contribution in [0.2, 0.25) is 0 Å². The zero-order chi connectivity index (χ0) is 20.3. The van der Waals surface area contributed by atoms with Crippen LogP contribution in [0.15, 0.2) is 59.2 Å². The number of rotatable bonds is 7. The van der Waals surface area contributed by atoms with Gasteiger partial charge in [0, 0.05) is 27.4 Å². The maximum absolute atomic E-state index is 12.7. The summed E-state index contributed by atoms with van der Waals surface area (Å²) in [4.78, 5) is 25.6. The van der Waals surface area contributed by atoms with Crippen LogP contribution in [0, 0.1) is 0 Å². The topological polar surface area (TPSA) is 82.9 Å². The van der Waals surface area contributed by atoms with Gasteiger partial charge in [0.15, 0.2) is 5.78 Å². The maximum Gasteiger partial charge on any atom is 0.346 e. The molecule has 146 valence electrons. The molecule has 0 fully saturated rings. The van der Waals surface area contributed by atoms with Crippen molar-refractivity contribution in [1.29, 1.82) is 0 Å². The van der Waals surface area contributed by atoms with Crippen LogP contribution in [0.4, 0.5) is 8.78 Å². The van der Waals surface area contributed by atoms with Gasteiger partial charge in [-0.05, 0) is 24.6 Å². The Morgan fingerprint density at radius 2 is 1.89 bits per heavy atom. The molecule has 0 radical (unpaired) electrons. The second kappa shape index (κ2) is 8.41. The van der Waals surface area contributed by atoms with Gasteiger partial charge in [-0.15, -0.1) is 11.3 Å². The Bertz CT molecular complexity index is 1080. The van der Waals surface area contributed by atoms with Gasteiger partial charge in [0.05, 0.1) is 13.1 Å². The number of nitrogens with two attached hydrogens (primary N) is 1. The summed E-state index contributed by atoms with van der Waals surface area (Å²) in [5, 5.41) is 3.89. The Labute approximate surface area is 163 Å². The van der Waals surface area contributed by atoms with Crippen molar-refractivity contribution in [1.82, 2.24) is 14.3 Å². The third kappa shape index (κ3) is 4.32. The van der Waals surface area contributed by atoms with E-state index in [2.05, 4.69) is 5.10 Å². The predicted molar refractivity (Wildman–Crippen MR) is 104 cm³/mol. The number of ketones is 1. The fourth-order valence-electron chi connectivity index (χ4n) is 2.63. The lowest BCUT2D eigenvalue weighted by molar-refractivity contribution is 0.101.